The maximum absolute atomic E-state index is 3.08. The monoisotopic (exact) mass is 319 g/mol. The summed E-state index contributed by atoms with van der Waals surface area (Å²) in [7, 11) is 0. The summed E-state index contributed by atoms with van der Waals surface area (Å²) in [6, 6.07) is 0. The van der Waals surface area contributed by atoms with Gasteiger partial charge in [-0.3, -0.25) is 6.08 Å². The molecule has 0 saturated heterocycles. The molecule has 1 aliphatic rings. The Kier molecular flexibility index (Phi) is 26.7. The first-order chi connectivity index (χ1) is 2.89. The van der Waals surface area contributed by atoms with Gasteiger partial charge in [-0.2, -0.15) is 6.08 Å². The van der Waals surface area contributed by atoms with E-state index in [1.165, 1.54) is 0 Å². The molecule has 1 aliphatic carbocycles. The summed E-state index contributed by atoms with van der Waals surface area (Å²) in [4.78, 5) is 0. The number of allylic oxidation sites excluding steroid dienone is 4. The summed E-state index contributed by atoms with van der Waals surface area (Å²) in [6.07, 6.45) is 9.16. The summed E-state index contributed by atoms with van der Waals surface area (Å²) in [5.74, 6) is 0.560. The molecule has 10 heavy (non-hydrogen) atoms. The van der Waals surface area contributed by atoms with Crippen LogP contribution >= 0.6 is 0 Å². The van der Waals surface area contributed by atoms with Crippen LogP contribution in [0.2, 0.25) is 0 Å². The van der Waals surface area contributed by atoms with E-state index in [2.05, 4.69) is 19.1 Å². The Morgan fingerprint density at radius 1 is 1.20 bits per heavy atom. The molecule has 0 nitrogen and oxygen atoms in total. The molecule has 0 fully saturated rings. The molecule has 0 heterocycles. The van der Waals surface area contributed by atoms with Gasteiger partial charge in [0.05, 0.1) is 0 Å². The van der Waals surface area contributed by atoms with Crippen molar-refractivity contribution >= 4 is 0 Å². The van der Waals surface area contributed by atoms with Crippen molar-refractivity contribution < 1.29 is 21.1 Å². The summed E-state index contributed by atoms with van der Waals surface area (Å²) in [5.41, 5.74) is 0. The molecule has 0 aromatic heterocycles. The Morgan fingerprint density at radius 2 is 1.70 bits per heavy atom. The topological polar surface area (TPSA) is 0 Å². The third-order valence-electron chi connectivity index (χ3n) is 0.855. The summed E-state index contributed by atoms with van der Waals surface area (Å²) in [5, 5.41) is 0. The maximum atomic E-state index is 3.08. The Bertz CT molecular complexity index is 80.9. The van der Waals surface area contributed by atoms with E-state index in [0.29, 0.717) is 5.92 Å². The van der Waals surface area contributed by atoms with Gasteiger partial charge in [0.15, 0.2) is 0 Å². The zero-order chi connectivity index (χ0) is 4.41. The van der Waals surface area contributed by atoms with Gasteiger partial charge in [-0.25, -0.2) is 12.2 Å². The molecule has 0 aromatic rings. The van der Waals surface area contributed by atoms with Crippen LogP contribution in [0.15, 0.2) is 18.2 Å². The van der Waals surface area contributed by atoms with Crippen molar-refractivity contribution in [3.63, 3.8) is 0 Å². The van der Waals surface area contributed by atoms with Gasteiger partial charge in [0.2, 0.25) is 0 Å². The first kappa shape index (κ1) is 22.5. The van der Waals surface area contributed by atoms with Gasteiger partial charge in [-0.15, -0.1) is 0 Å². The second kappa shape index (κ2) is 11.9. The van der Waals surface area contributed by atoms with Gasteiger partial charge < -0.3 is 22.3 Å². The van der Waals surface area contributed by atoms with E-state index in [4.69, 9.17) is 0 Å². The quantitative estimate of drug-likeness (QED) is 0.602. The molecule has 0 radical (unpaired) electrons. The zero-order valence-corrected chi connectivity index (χ0v) is 9.40. The van der Waals surface area contributed by atoms with Crippen LogP contribution in [-0.2, 0) is 21.1 Å². The van der Waals surface area contributed by atoms with Gasteiger partial charge in [-0.05, 0) is 0 Å². The molecular formula is C9H16Pt. The first-order valence-electron chi connectivity index (χ1n) is 2.15. The fourth-order valence-electron chi connectivity index (χ4n) is 0.485. The van der Waals surface area contributed by atoms with E-state index >= 15 is 0 Å². The molecule has 62 valence electrons. The van der Waals surface area contributed by atoms with Gasteiger partial charge in [-0.1, -0.05) is 12.8 Å². The SMILES string of the molecule is C[C@H]1[C-]=CC=C1.[CH3-].[CH3-].[CH3-].[Pt+4]. The van der Waals surface area contributed by atoms with Gasteiger partial charge in [0.1, 0.15) is 0 Å². The fourth-order valence-corrected chi connectivity index (χ4v) is 0.485. The number of hydrogen-bond donors (Lipinski definition) is 0. The molecule has 1 heteroatoms. The van der Waals surface area contributed by atoms with Crippen LogP contribution < -0.4 is 0 Å². The second-order valence-electron chi connectivity index (χ2n) is 1.51. The Morgan fingerprint density at radius 3 is 1.80 bits per heavy atom. The van der Waals surface area contributed by atoms with Crippen molar-refractivity contribution in [3.05, 3.63) is 46.6 Å². The van der Waals surface area contributed by atoms with E-state index in [1.54, 1.807) is 0 Å². The predicted molar refractivity (Wildman–Crippen MR) is 45.4 cm³/mol. The third kappa shape index (κ3) is 8.17. The zero-order valence-electron chi connectivity index (χ0n) is 7.13. The van der Waals surface area contributed by atoms with Crippen molar-refractivity contribution in [2.75, 3.05) is 0 Å². The molecule has 0 bridgehead atoms. The summed E-state index contributed by atoms with van der Waals surface area (Å²) in [6.45, 7) is 2.11. The minimum atomic E-state index is 0. The standard InChI is InChI=1S/C6H7.3CH3.Pt/c1-6-4-2-3-5-6;;;;/h2-4,6H,1H3;3*1H3;/q4*-1;+4/t6-;;;;/m1..../s1. The van der Waals surface area contributed by atoms with E-state index in [0.717, 1.165) is 0 Å². The molecule has 1 rings (SSSR count). The Labute approximate surface area is 80.7 Å². The van der Waals surface area contributed by atoms with Gasteiger partial charge >= 0.3 is 21.1 Å². The van der Waals surface area contributed by atoms with Crippen molar-refractivity contribution in [1.29, 1.82) is 0 Å². The summed E-state index contributed by atoms with van der Waals surface area (Å²) < 4.78 is 0. The number of rotatable bonds is 0. The van der Waals surface area contributed by atoms with Crippen molar-refractivity contribution in [2.45, 2.75) is 6.92 Å². The average molecular weight is 319 g/mol. The van der Waals surface area contributed by atoms with Crippen LogP contribution in [0.1, 0.15) is 6.92 Å². The van der Waals surface area contributed by atoms with E-state index in [-0.39, 0.29) is 43.3 Å². The van der Waals surface area contributed by atoms with Crippen LogP contribution in [-0.4, -0.2) is 0 Å². The van der Waals surface area contributed by atoms with Crippen LogP contribution in [0.3, 0.4) is 0 Å². The minimum Gasteiger partial charge on any atom is -0.358 e. The van der Waals surface area contributed by atoms with Crippen molar-refractivity contribution in [1.82, 2.24) is 0 Å². The van der Waals surface area contributed by atoms with E-state index in [1.807, 2.05) is 12.2 Å². The van der Waals surface area contributed by atoms with E-state index < -0.39 is 0 Å². The Hall–Kier alpha value is 0.168. The maximum Gasteiger partial charge on any atom is 4.00 e. The third-order valence-corrected chi connectivity index (χ3v) is 0.855. The van der Waals surface area contributed by atoms with Crippen LogP contribution in [0.4, 0.5) is 0 Å². The Balaban J connectivity index is -0.0000000450. The molecule has 0 saturated carbocycles. The minimum absolute atomic E-state index is 0. The summed E-state index contributed by atoms with van der Waals surface area (Å²) >= 11 is 0. The van der Waals surface area contributed by atoms with Gasteiger partial charge in [0, 0.05) is 0 Å². The normalized spacial score (nSPS) is 17.5. The molecule has 0 amide bonds. The second-order valence-corrected chi connectivity index (χ2v) is 1.51. The largest absolute Gasteiger partial charge is 4.00 e. The molecular weight excluding hydrogens is 303 g/mol. The first-order valence-corrected chi connectivity index (χ1v) is 2.15. The van der Waals surface area contributed by atoms with Crippen LogP contribution in [0.25, 0.3) is 0 Å². The van der Waals surface area contributed by atoms with Crippen molar-refractivity contribution in [2.24, 2.45) is 5.92 Å². The van der Waals surface area contributed by atoms with Crippen molar-refractivity contribution in [3.8, 4) is 0 Å². The van der Waals surface area contributed by atoms with Crippen LogP contribution in [0, 0.1) is 34.3 Å². The predicted octanol–water partition coefficient (Wildman–Crippen LogP) is 2.90. The van der Waals surface area contributed by atoms with E-state index in [9.17, 15) is 0 Å². The smallest absolute Gasteiger partial charge is 0.358 e. The van der Waals surface area contributed by atoms with Gasteiger partial charge in [0.25, 0.3) is 0 Å². The molecule has 0 aliphatic heterocycles. The average Bonchev–Trinajstić information content (AvgIpc) is 1.86. The number of hydrogen-bond acceptors (Lipinski definition) is 0. The fraction of sp³-hybridized carbons (Fsp3) is 0.222. The molecule has 1 atom stereocenters. The molecule has 0 unspecified atom stereocenters. The molecule has 0 spiro atoms. The molecule has 0 N–H and O–H groups in total. The van der Waals surface area contributed by atoms with Crippen LogP contribution in [0.5, 0.6) is 0 Å². The molecule has 0 aromatic carbocycles.